The number of nitro groups is 1. The average Bonchev–Trinajstić information content (AvgIpc) is 3.63. The van der Waals surface area contributed by atoms with Crippen LogP contribution in [0.1, 0.15) is 67.7 Å². The number of halogens is 3. The van der Waals surface area contributed by atoms with Gasteiger partial charge in [-0.2, -0.15) is 0 Å². The normalized spacial score (nSPS) is 23.7. The van der Waals surface area contributed by atoms with E-state index >= 15 is 4.39 Å². The minimum absolute atomic E-state index is 0.0410. The molecule has 3 unspecified atom stereocenters. The number of ether oxygens (including phenoxy) is 3. The summed E-state index contributed by atoms with van der Waals surface area (Å²) >= 11 is 5.20. The molecule has 0 N–H and O–H groups in total. The van der Waals surface area contributed by atoms with Crippen molar-refractivity contribution in [3.8, 4) is 5.88 Å². The van der Waals surface area contributed by atoms with Crippen LogP contribution < -0.4 is 9.64 Å². The highest BCUT2D eigenvalue weighted by atomic mass is 127. The molecule has 15 heteroatoms. The van der Waals surface area contributed by atoms with Crippen molar-refractivity contribution < 1.29 is 33.1 Å². The van der Waals surface area contributed by atoms with Gasteiger partial charge < -0.3 is 19.1 Å². The number of benzene rings is 1. The summed E-state index contributed by atoms with van der Waals surface area (Å²) < 4.78 is 34.3. The Morgan fingerprint density at radius 3 is 2.43 bits per heavy atom. The number of carbonyl (C=O) groups is 2. The van der Waals surface area contributed by atoms with Gasteiger partial charge in [0.1, 0.15) is 28.5 Å². The highest BCUT2D eigenvalue weighted by Gasteiger charge is 2.60. The minimum atomic E-state index is -0.968. The molecule has 4 heterocycles. The third-order valence-corrected chi connectivity index (χ3v) is 11.0. The van der Waals surface area contributed by atoms with Gasteiger partial charge in [0.15, 0.2) is 5.82 Å². The van der Waals surface area contributed by atoms with E-state index in [-0.39, 0.29) is 39.6 Å². The fourth-order valence-electron chi connectivity index (χ4n) is 6.71. The fraction of sp³-hybridized carbons (Fsp3) is 0.645. The second kappa shape index (κ2) is 12.5. The van der Waals surface area contributed by atoms with Crippen molar-refractivity contribution in [2.75, 3.05) is 25.0 Å². The molecule has 2 aromatic rings. The largest absolute Gasteiger partial charge is 0.468 e. The first-order valence-electron chi connectivity index (χ1n) is 15.3. The summed E-state index contributed by atoms with van der Waals surface area (Å²) in [5.74, 6) is -1.37. The summed E-state index contributed by atoms with van der Waals surface area (Å²) in [5.41, 5.74) is -2.66. The number of carbonyl (C=O) groups excluding carboxylic acids is 2. The number of fused-ring (bicyclic) bond motifs is 2. The van der Waals surface area contributed by atoms with E-state index in [1.807, 2.05) is 29.6 Å². The molecule has 0 radical (unpaired) electrons. The van der Waals surface area contributed by atoms with Gasteiger partial charge >= 0.3 is 17.9 Å². The zero-order valence-corrected chi connectivity index (χ0v) is 31.0. The maximum Gasteiger partial charge on any atom is 0.415 e. The van der Waals surface area contributed by atoms with Crippen molar-refractivity contribution in [3.05, 3.63) is 30.0 Å². The number of nitrogens with zero attached hydrogens (tertiary/aromatic N) is 5. The number of hydrogen-bond acceptors (Lipinski definition) is 9. The van der Waals surface area contributed by atoms with Gasteiger partial charge in [0, 0.05) is 27.5 Å². The van der Waals surface area contributed by atoms with Gasteiger partial charge in [-0.3, -0.25) is 19.9 Å². The number of likely N-dealkylation sites (tertiary alicyclic amines) is 1. The Kier molecular flexibility index (Phi) is 9.45. The van der Waals surface area contributed by atoms with Gasteiger partial charge in [-0.15, -0.1) is 0 Å². The maximum atomic E-state index is 16.0. The Labute approximate surface area is 289 Å². The molecule has 1 aromatic heterocycles. The molecule has 2 bridgehead atoms. The first-order chi connectivity index (χ1) is 21.3. The van der Waals surface area contributed by atoms with Crippen molar-refractivity contribution in [3.63, 3.8) is 0 Å². The number of rotatable bonds is 6. The molecular formula is C31H40BrFIN5O7. The van der Waals surface area contributed by atoms with Crippen LogP contribution in [0.3, 0.4) is 0 Å². The van der Waals surface area contributed by atoms with E-state index < -0.39 is 63.9 Å². The zero-order chi connectivity index (χ0) is 34.0. The first kappa shape index (κ1) is 34.8. The van der Waals surface area contributed by atoms with Crippen molar-refractivity contribution in [1.29, 1.82) is 0 Å². The Hall–Kier alpha value is -2.53. The number of pyridine rings is 1. The Morgan fingerprint density at radius 2 is 1.87 bits per heavy atom. The van der Waals surface area contributed by atoms with Crippen LogP contribution in [0.25, 0.3) is 10.9 Å². The minimum Gasteiger partial charge on any atom is -0.468 e. The summed E-state index contributed by atoms with van der Waals surface area (Å²) in [7, 11) is 1.96. The van der Waals surface area contributed by atoms with Gasteiger partial charge in [0.05, 0.1) is 21.5 Å². The van der Waals surface area contributed by atoms with Crippen LogP contribution in [0.4, 0.5) is 25.4 Å². The van der Waals surface area contributed by atoms with Gasteiger partial charge in [0.25, 0.3) is 5.88 Å². The molecule has 3 saturated heterocycles. The van der Waals surface area contributed by atoms with Crippen LogP contribution in [0.5, 0.6) is 5.88 Å². The predicted octanol–water partition coefficient (Wildman–Crippen LogP) is 7.26. The molecule has 3 aliphatic heterocycles. The summed E-state index contributed by atoms with van der Waals surface area (Å²) in [6.07, 6.45) is 0.395. The molecule has 0 spiro atoms. The molecule has 46 heavy (non-hydrogen) atoms. The smallest absolute Gasteiger partial charge is 0.415 e. The number of likely N-dealkylation sites (N-methyl/N-ethyl adjacent to an activating group) is 1. The molecule has 1 aliphatic carbocycles. The molecule has 1 saturated carbocycles. The standard InChI is InChI=1S/C31H40BrFIN5O7/c1-15(19-10-9-11-36(19)8)44-27-26(39(42)43)25(17-13-18(34)21(32)22(33)23(17)35-27)38(29(41)46-31(5,6)7)24-16-12-20(24)37(14-16)28(40)45-30(2,3)4/h13,15-16,19-20,24H,9-12,14H2,1-8H3/t15-,16?,19-,20?,24?/m0/s1. The molecule has 2 amide bonds. The lowest BCUT2D eigenvalue weighted by Crippen LogP contribution is -2.58. The van der Waals surface area contributed by atoms with Crippen LogP contribution in [0.15, 0.2) is 10.5 Å². The van der Waals surface area contributed by atoms with Crippen LogP contribution >= 0.6 is 38.5 Å². The highest BCUT2D eigenvalue weighted by Crippen LogP contribution is 2.52. The average molecular weight is 820 g/mol. The number of hydrogen-bond donors (Lipinski definition) is 0. The van der Waals surface area contributed by atoms with E-state index in [0.717, 1.165) is 19.4 Å². The van der Waals surface area contributed by atoms with E-state index in [1.165, 1.54) is 4.90 Å². The Morgan fingerprint density at radius 1 is 1.22 bits per heavy atom. The third kappa shape index (κ3) is 6.60. The van der Waals surface area contributed by atoms with Crippen LogP contribution in [-0.4, -0.2) is 87.5 Å². The molecule has 6 rings (SSSR count). The summed E-state index contributed by atoms with van der Waals surface area (Å²) in [4.78, 5) is 49.2. The zero-order valence-electron chi connectivity index (χ0n) is 27.2. The summed E-state index contributed by atoms with van der Waals surface area (Å²) in [6.45, 7) is 13.3. The lowest BCUT2D eigenvalue weighted by Gasteiger charge is -2.44. The van der Waals surface area contributed by atoms with Crippen LogP contribution in [0.2, 0.25) is 0 Å². The summed E-state index contributed by atoms with van der Waals surface area (Å²) in [6, 6.07) is 0.299. The van der Waals surface area contributed by atoms with Gasteiger partial charge in [-0.25, -0.2) is 19.0 Å². The predicted molar refractivity (Wildman–Crippen MR) is 182 cm³/mol. The number of anilines is 1. The molecule has 252 valence electrons. The molecule has 5 atom stereocenters. The second-order valence-corrected chi connectivity index (χ2v) is 16.3. The molecule has 4 aliphatic rings. The van der Waals surface area contributed by atoms with Crippen molar-refractivity contribution in [1.82, 2.24) is 14.8 Å². The third-order valence-electron chi connectivity index (χ3n) is 8.64. The van der Waals surface area contributed by atoms with Gasteiger partial charge in [-0.1, -0.05) is 0 Å². The molecule has 12 nitrogen and oxygen atoms in total. The number of aromatic nitrogens is 1. The Bertz CT molecular complexity index is 1580. The van der Waals surface area contributed by atoms with E-state index in [0.29, 0.717) is 9.99 Å². The fourth-order valence-corrected chi connectivity index (χ4v) is 7.56. The molecule has 4 fully saturated rings. The number of amides is 2. The summed E-state index contributed by atoms with van der Waals surface area (Å²) in [5, 5.41) is 13.1. The van der Waals surface area contributed by atoms with Crippen molar-refractivity contribution in [2.45, 2.75) is 103 Å². The first-order valence-corrected chi connectivity index (χ1v) is 17.2. The maximum absolute atomic E-state index is 16.0. The Balaban J connectivity index is 1.73. The van der Waals surface area contributed by atoms with Gasteiger partial charge in [0.2, 0.25) is 0 Å². The quantitative estimate of drug-likeness (QED) is 0.128. The van der Waals surface area contributed by atoms with E-state index in [1.54, 1.807) is 59.4 Å². The lowest BCUT2D eigenvalue weighted by molar-refractivity contribution is -0.385. The van der Waals surface area contributed by atoms with Crippen LogP contribution in [-0.2, 0) is 9.47 Å². The topological polar surface area (TPSA) is 128 Å². The van der Waals surface area contributed by atoms with Gasteiger partial charge in [-0.05, 0) is 126 Å². The van der Waals surface area contributed by atoms with E-state index in [9.17, 15) is 19.7 Å². The highest BCUT2D eigenvalue weighted by molar-refractivity contribution is 14.1. The molecule has 1 aromatic carbocycles. The van der Waals surface area contributed by atoms with E-state index in [2.05, 4.69) is 25.8 Å². The van der Waals surface area contributed by atoms with Crippen molar-refractivity contribution in [2.24, 2.45) is 5.92 Å². The monoisotopic (exact) mass is 819 g/mol. The SMILES string of the molecule is C[C@H](Oc1nc2c(F)c(Br)c(I)cc2c(N(C(=O)OC(C)(C)C)C2C3CC2N(C(=O)OC(C)(C)C)C3)c1[N+](=O)[O-])[C@@H]1CCCN1C. The molecular weight excluding hydrogens is 780 g/mol. The van der Waals surface area contributed by atoms with Crippen molar-refractivity contribution >= 4 is 73.0 Å². The lowest BCUT2D eigenvalue weighted by atomic mass is 9.78. The van der Waals surface area contributed by atoms with E-state index in [4.69, 9.17) is 14.2 Å². The van der Waals surface area contributed by atoms with Crippen LogP contribution in [0, 0.1) is 25.4 Å². The second-order valence-electron chi connectivity index (χ2n) is 14.3.